The Morgan fingerprint density at radius 2 is 2.04 bits per heavy atom. The highest BCUT2D eigenvalue weighted by molar-refractivity contribution is 5.91. The number of fused-ring (bicyclic) bond motifs is 1. The highest BCUT2D eigenvalue weighted by atomic mass is 16.7. The minimum atomic E-state index is -0.287. The molecule has 1 aromatic carbocycles. The molecule has 0 bridgehead atoms. The van der Waals surface area contributed by atoms with Gasteiger partial charge in [0, 0.05) is 25.2 Å². The van der Waals surface area contributed by atoms with Crippen molar-refractivity contribution in [2.45, 2.75) is 19.8 Å². The molecule has 0 atom stereocenters. The van der Waals surface area contributed by atoms with Gasteiger partial charge < -0.3 is 24.4 Å². The maximum absolute atomic E-state index is 12.2. The zero-order valence-corrected chi connectivity index (χ0v) is 15.2. The van der Waals surface area contributed by atoms with Crippen LogP contribution in [0.5, 0.6) is 17.2 Å². The molecule has 27 heavy (non-hydrogen) atoms. The van der Waals surface area contributed by atoms with Crippen LogP contribution in [0.1, 0.15) is 19.8 Å². The topological polar surface area (TPSA) is 85.8 Å². The number of nitrogens with zero attached hydrogens (tertiary/aromatic N) is 3. The first kappa shape index (κ1) is 17.4. The van der Waals surface area contributed by atoms with Gasteiger partial charge in [-0.15, -0.1) is 0 Å². The lowest BCUT2D eigenvalue weighted by molar-refractivity contribution is -0.118. The van der Waals surface area contributed by atoms with Crippen molar-refractivity contribution in [1.29, 1.82) is 0 Å². The van der Waals surface area contributed by atoms with E-state index in [0.717, 1.165) is 37.7 Å². The maximum atomic E-state index is 12.2. The predicted octanol–water partition coefficient (Wildman–Crippen LogP) is 2.46. The second-order valence-corrected chi connectivity index (χ2v) is 6.78. The van der Waals surface area contributed by atoms with Crippen LogP contribution in [0.25, 0.3) is 0 Å². The molecule has 4 rings (SSSR count). The molecule has 0 radical (unpaired) electrons. The van der Waals surface area contributed by atoms with E-state index < -0.39 is 0 Å². The first-order valence-corrected chi connectivity index (χ1v) is 9.06. The van der Waals surface area contributed by atoms with E-state index in [2.05, 4.69) is 27.1 Å². The van der Waals surface area contributed by atoms with E-state index in [0.29, 0.717) is 23.1 Å². The first-order valence-electron chi connectivity index (χ1n) is 9.06. The molecule has 8 heteroatoms. The Morgan fingerprint density at radius 1 is 1.22 bits per heavy atom. The number of hydrogen-bond acceptors (Lipinski definition) is 7. The van der Waals surface area contributed by atoms with Crippen molar-refractivity contribution in [2.24, 2.45) is 5.92 Å². The molecule has 1 N–H and O–H groups in total. The monoisotopic (exact) mass is 370 g/mol. The maximum Gasteiger partial charge on any atom is 0.263 e. The van der Waals surface area contributed by atoms with Crippen molar-refractivity contribution in [3.05, 3.63) is 30.6 Å². The molecular formula is C19H22N4O4. The summed E-state index contributed by atoms with van der Waals surface area (Å²) in [4.78, 5) is 22.9. The summed E-state index contributed by atoms with van der Waals surface area (Å²) in [6.45, 7) is 4.28. The molecule has 0 unspecified atom stereocenters. The summed E-state index contributed by atoms with van der Waals surface area (Å²) < 4.78 is 16.1. The molecule has 0 aliphatic carbocycles. The standard InChI is InChI=1S/C19H22N4O4/c1-13-4-6-23(7-5-13)18-9-17(20-11-21-18)22-19(24)10-25-14-2-3-15-16(8-14)27-12-26-15/h2-3,8-9,11,13H,4-7,10,12H2,1H3,(H,20,21,22,24). The third-order valence-corrected chi connectivity index (χ3v) is 4.74. The van der Waals surface area contributed by atoms with Gasteiger partial charge in [-0.25, -0.2) is 9.97 Å². The van der Waals surface area contributed by atoms with Gasteiger partial charge in [-0.2, -0.15) is 0 Å². The molecule has 2 aromatic rings. The SMILES string of the molecule is CC1CCN(c2cc(NC(=O)COc3ccc4c(c3)OCO4)ncn2)CC1. The zero-order valence-electron chi connectivity index (χ0n) is 15.2. The number of benzene rings is 1. The number of ether oxygens (including phenoxy) is 3. The fourth-order valence-corrected chi connectivity index (χ4v) is 3.12. The van der Waals surface area contributed by atoms with Crippen LogP contribution in [0.4, 0.5) is 11.6 Å². The second kappa shape index (κ2) is 7.69. The van der Waals surface area contributed by atoms with E-state index in [1.807, 2.05) is 0 Å². The average molecular weight is 370 g/mol. The summed E-state index contributed by atoms with van der Waals surface area (Å²) in [7, 11) is 0. The fourth-order valence-electron chi connectivity index (χ4n) is 3.12. The normalized spacial score (nSPS) is 16.3. The molecule has 1 aromatic heterocycles. The van der Waals surface area contributed by atoms with Crippen LogP contribution < -0.4 is 24.4 Å². The Balaban J connectivity index is 1.32. The third kappa shape index (κ3) is 4.21. The van der Waals surface area contributed by atoms with Crippen LogP contribution in [-0.2, 0) is 4.79 Å². The summed E-state index contributed by atoms with van der Waals surface area (Å²) in [5.74, 6) is 3.60. The third-order valence-electron chi connectivity index (χ3n) is 4.74. The van der Waals surface area contributed by atoms with Crippen molar-refractivity contribution in [3.8, 4) is 17.2 Å². The van der Waals surface area contributed by atoms with E-state index in [9.17, 15) is 4.79 Å². The van der Waals surface area contributed by atoms with Gasteiger partial charge in [-0.1, -0.05) is 6.92 Å². The second-order valence-electron chi connectivity index (χ2n) is 6.78. The number of aromatic nitrogens is 2. The molecular weight excluding hydrogens is 348 g/mol. The number of rotatable bonds is 5. The minimum absolute atomic E-state index is 0.125. The van der Waals surface area contributed by atoms with Gasteiger partial charge in [0.1, 0.15) is 23.7 Å². The number of amides is 1. The first-order chi connectivity index (χ1) is 13.2. The van der Waals surface area contributed by atoms with E-state index in [1.165, 1.54) is 6.33 Å². The predicted molar refractivity (Wildman–Crippen MR) is 99.3 cm³/mol. The number of anilines is 2. The molecule has 1 fully saturated rings. The van der Waals surface area contributed by atoms with Crippen molar-refractivity contribution in [3.63, 3.8) is 0 Å². The minimum Gasteiger partial charge on any atom is -0.484 e. The number of carbonyl (C=O) groups excluding carboxylic acids is 1. The summed E-state index contributed by atoms with van der Waals surface area (Å²) in [5.41, 5.74) is 0. The number of carbonyl (C=O) groups is 1. The van der Waals surface area contributed by atoms with Gasteiger partial charge in [-0.05, 0) is 30.9 Å². The van der Waals surface area contributed by atoms with Crippen LogP contribution in [-0.4, -0.2) is 42.4 Å². The molecule has 2 aliphatic heterocycles. The molecule has 2 aliphatic rings. The smallest absolute Gasteiger partial charge is 0.263 e. The Kier molecular flexibility index (Phi) is 4.95. The molecule has 8 nitrogen and oxygen atoms in total. The Labute approximate surface area is 157 Å². The fraction of sp³-hybridized carbons (Fsp3) is 0.421. The van der Waals surface area contributed by atoms with Crippen molar-refractivity contribution in [2.75, 3.05) is 36.7 Å². The lowest BCUT2D eigenvalue weighted by atomic mass is 9.99. The van der Waals surface area contributed by atoms with Crippen LogP contribution in [0.3, 0.4) is 0 Å². The van der Waals surface area contributed by atoms with Crippen LogP contribution in [0.2, 0.25) is 0 Å². The molecule has 1 amide bonds. The van der Waals surface area contributed by atoms with Gasteiger partial charge in [0.25, 0.3) is 5.91 Å². The van der Waals surface area contributed by atoms with Crippen molar-refractivity contribution in [1.82, 2.24) is 9.97 Å². The summed E-state index contributed by atoms with van der Waals surface area (Å²) in [5, 5.41) is 2.76. The highest BCUT2D eigenvalue weighted by Gasteiger charge is 2.18. The molecule has 0 saturated carbocycles. The summed E-state index contributed by atoms with van der Waals surface area (Å²) >= 11 is 0. The number of nitrogens with one attached hydrogen (secondary N) is 1. The van der Waals surface area contributed by atoms with Crippen molar-refractivity contribution >= 4 is 17.5 Å². The van der Waals surface area contributed by atoms with Gasteiger partial charge >= 0.3 is 0 Å². The lowest BCUT2D eigenvalue weighted by Crippen LogP contribution is -2.33. The number of piperidine rings is 1. The van der Waals surface area contributed by atoms with Gasteiger partial charge in [0.15, 0.2) is 18.1 Å². The summed E-state index contributed by atoms with van der Waals surface area (Å²) in [6, 6.07) is 7.00. The van der Waals surface area contributed by atoms with E-state index in [1.54, 1.807) is 24.3 Å². The Hall–Kier alpha value is -3.03. The molecule has 142 valence electrons. The Morgan fingerprint density at radius 3 is 2.89 bits per heavy atom. The Bertz CT molecular complexity index is 821. The molecule has 3 heterocycles. The van der Waals surface area contributed by atoms with Gasteiger partial charge in [0.05, 0.1) is 0 Å². The van der Waals surface area contributed by atoms with Crippen LogP contribution in [0, 0.1) is 5.92 Å². The van der Waals surface area contributed by atoms with E-state index in [-0.39, 0.29) is 19.3 Å². The van der Waals surface area contributed by atoms with E-state index in [4.69, 9.17) is 14.2 Å². The highest BCUT2D eigenvalue weighted by Crippen LogP contribution is 2.35. The average Bonchev–Trinajstić information content (AvgIpc) is 3.15. The van der Waals surface area contributed by atoms with Gasteiger partial charge in [0.2, 0.25) is 6.79 Å². The molecule has 0 spiro atoms. The lowest BCUT2D eigenvalue weighted by Gasteiger charge is -2.31. The van der Waals surface area contributed by atoms with Crippen LogP contribution in [0.15, 0.2) is 30.6 Å². The molecule has 1 saturated heterocycles. The quantitative estimate of drug-likeness (QED) is 0.865. The number of hydrogen-bond donors (Lipinski definition) is 1. The summed E-state index contributed by atoms with van der Waals surface area (Å²) in [6.07, 6.45) is 3.77. The largest absolute Gasteiger partial charge is 0.484 e. The van der Waals surface area contributed by atoms with E-state index >= 15 is 0 Å². The van der Waals surface area contributed by atoms with Crippen molar-refractivity contribution < 1.29 is 19.0 Å². The van der Waals surface area contributed by atoms with Gasteiger partial charge in [-0.3, -0.25) is 4.79 Å². The van der Waals surface area contributed by atoms with Crippen LogP contribution >= 0.6 is 0 Å². The zero-order chi connectivity index (χ0) is 18.6.